The number of rotatable bonds is 6. The first-order chi connectivity index (χ1) is 12.6. The third-order valence-corrected chi connectivity index (χ3v) is 5.99. The van der Waals surface area contributed by atoms with Gasteiger partial charge in [-0.1, -0.05) is 15.9 Å². The Kier molecular flexibility index (Phi) is 7.19. The highest BCUT2D eigenvalue weighted by Crippen LogP contribution is 2.36. The van der Waals surface area contributed by atoms with Crippen LogP contribution in [0.25, 0.3) is 0 Å². The highest BCUT2D eigenvalue weighted by atomic mass is 79.9. The molecule has 0 saturated heterocycles. The van der Waals surface area contributed by atoms with Gasteiger partial charge in [-0.3, -0.25) is 29.2 Å². The summed E-state index contributed by atoms with van der Waals surface area (Å²) in [6, 6.07) is 5.93. The van der Waals surface area contributed by atoms with E-state index in [4.69, 9.17) is 4.74 Å². The van der Waals surface area contributed by atoms with E-state index in [2.05, 4.69) is 47.8 Å². The topological polar surface area (TPSA) is 130 Å². The van der Waals surface area contributed by atoms with Crippen LogP contribution in [0.4, 0.5) is 11.4 Å². The number of carbonyl (C=O) groups is 1. The zero-order valence-corrected chi connectivity index (χ0v) is 18.5. The number of non-ortho nitro benzene ring substituents is 1. The maximum absolute atomic E-state index is 12.4. The number of hydrogen-bond acceptors (Lipinski definition) is 7. The smallest absolute Gasteiger partial charge is 0.324 e. The summed E-state index contributed by atoms with van der Waals surface area (Å²) in [6.45, 7) is 0. The summed E-state index contributed by atoms with van der Waals surface area (Å²) in [4.78, 5) is 31.9. The van der Waals surface area contributed by atoms with Crippen molar-refractivity contribution in [3.8, 4) is 5.75 Å². The Labute approximate surface area is 179 Å². The van der Waals surface area contributed by atoms with Crippen LogP contribution in [0.1, 0.15) is 0 Å². The number of halogens is 3. The Bertz CT molecular complexity index is 960. The SMILES string of the molecule is O=C(CS(=O)c1ccc([N+](=O)[O-])cc1[N+](=O)[O-])Oc1c(Br)cc(Br)cc1Br. The fourth-order valence-corrected chi connectivity index (χ4v) is 5.34. The van der Waals surface area contributed by atoms with E-state index in [1.165, 1.54) is 0 Å². The van der Waals surface area contributed by atoms with Gasteiger partial charge in [0.1, 0.15) is 10.6 Å². The molecular weight excluding hydrogens is 580 g/mol. The first kappa shape index (κ1) is 21.6. The third-order valence-electron chi connectivity index (χ3n) is 3.02. The van der Waals surface area contributed by atoms with Gasteiger partial charge in [-0.2, -0.15) is 0 Å². The molecule has 9 nitrogen and oxygen atoms in total. The number of nitro groups is 2. The van der Waals surface area contributed by atoms with Gasteiger partial charge in [-0.15, -0.1) is 0 Å². The van der Waals surface area contributed by atoms with E-state index in [0.717, 1.165) is 12.1 Å². The van der Waals surface area contributed by atoms with Crippen molar-refractivity contribution in [2.24, 2.45) is 0 Å². The summed E-state index contributed by atoms with van der Waals surface area (Å²) in [5.41, 5.74) is -1.23. The highest BCUT2D eigenvalue weighted by molar-refractivity contribution is 9.11. The lowest BCUT2D eigenvalue weighted by Gasteiger charge is -2.09. The van der Waals surface area contributed by atoms with Crippen molar-refractivity contribution in [3.63, 3.8) is 0 Å². The van der Waals surface area contributed by atoms with Crippen LogP contribution in [0.15, 0.2) is 48.6 Å². The molecule has 0 aliphatic heterocycles. The summed E-state index contributed by atoms with van der Waals surface area (Å²) in [6.07, 6.45) is 0. The monoisotopic (exact) mass is 584 g/mol. The van der Waals surface area contributed by atoms with Crippen molar-refractivity contribution in [2.75, 3.05) is 5.75 Å². The average Bonchev–Trinajstić information content (AvgIpc) is 2.57. The number of ether oxygens (including phenoxy) is 1. The second kappa shape index (κ2) is 8.99. The zero-order chi connectivity index (χ0) is 20.3. The first-order valence-electron chi connectivity index (χ1n) is 6.76. The van der Waals surface area contributed by atoms with E-state index in [-0.39, 0.29) is 10.6 Å². The molecule has 2 aromatic carbocycles. The van der Waals surface area contributed by atoms with E-state index in [0.29, 0.717) is 19.5 Å². The standard InChI is InChI=1S/C14H7Br3N2O7S/c15-7-3-9(16)14(10(17)4-7)26-13(20)6-27(25)12-2-1-8(18(21)22)5-11(12)19(23)24/h1-5H,6H2. The molecule has 13 heteroatoms. The van der Waals surface area contributed by atoms with Crippen LogP contribution in [0.2, 0.25) is 0 Å². The molecule has 0 aliphatic rings. The Morgan fingerprint density at radius 2 is 1.63 bits per heavy atom. The Balaban J connectivity index is 2.23. The van der Waals surface area contributed by atoms with Crippen LogP contribution in [0.3, 0.4) is 0 Å². The molecule has 2 rings (SSSR count). The quantitative estimate of drug-likeness (QED) is 0.211. The number of hydrogen-bond donors (Lipinski definition) is 0. The van der Waals surface area contributed by atoms with Crippen LogP contribution >= 0.6 is 47.8 Å². The molecule has 1 unspecified atom stereocenters. The summed E-state index contributed by atoms with van der Waals surface area (Å²) in [5, 5.41) is 21.9. The lowest BCUT2D eigenvalue weighted by Crippen LogP contribution is -2.18. The summed E-state index contributed by atoms with van der Waals surface area (Å²) in [7, 11) is -2.14. The minimum absolute atomic E-state index is 0.151. The molecule has 0 amide bonds. The molecule has 0 N–H and O–H groups in total. The Morgan fingerprint density at radius 3 is 2.15 bits per heavy atom. The van der Waals surface area contributed by atoms with Crippen molar-refractivity contribution in [2.45, 2.75) is 4.90 Å². The Hall–Kier alpha value is -1.70. The van der Waals surface area contributed by atoms with Crippen molar-refractivity contribution in [1.82, 2.24) is 0 Å². The highest BCUT2D eigenvalue weighted by Gasteiger charge is 2.25. The molecule has 0 spiro atoms. The van der Waals surface area contributed by atoms with E-state index >= 15 is 0 Å². The van der Waals surface area contributed by atoms with Crippen molar-refractivity contribution >= 4 is 75.9 Å². The van der Waals surface area contributed by atoms with Crippen LogP contribution in [0.5, 0.6) is 5.75 Å². The lowest BCUT2D eigenvalue weighted by atomic mass is 10.3. The van der Waals surface area contributed by atoms with Crippen molar-refractivity contribution in [3.05, 3.63) is 64.0 Å². The second-order valence-corrected chi connectivity index (χ2v) is 8.87. The zero-order valence-electron chi connectivity index (χ0n) is 12.9. The van der Waals surface area contributed by atoms with Crippen LogP contribution in [0, 0.1) is 20.2 Å². The van der Waals surface area contributed by atoms with Crippen LogP contribution in [-0.4, -0.2) is 25.8 Å². The number of benzene rings is 2. The van der Waals surface area contributed by atoms with Crippen molar-refractivity contribution in [1.29, 1.82) is 0 Å². The van der Waals surface area contributed by atoms with Gasteiger partial charge in [0.25, 0.3) is 11.4 Å². The fraction of sp³-hybridized carbons (Fsp3) is 0.0714. The van der Waals surface area contributed by atoms with Gasteiger partial charge >= 0.3 is 5.97 Å². The molecule has 0 heterocycles. The second-order valence-electron chi connectivity index (χ2n) is 4.83. The van der Waals surface area contributed by atoms with E-state index in [1.54, 1.807) is 12.1 Å². The molecule has 0 aliphatic carbocycles. The number of esters is 1. The molecule has 27 heavy (non-hydrogen) atoms. The molecule has 0 bridgehead atoms. The first-order valence-corrected chi connectivity index (χ1v) is 10.5. The fourth-order valence-electron chi connectivity index (χ4n) is 1.91. The molecule has 0 radical (unpaired) electrons. The Morgan fingerprint density at radius 1 is 1.04 bits per heavy atom. The van der Waals surface area contributed by atoms with Gasteiger partial charge in [0.2, 0.25) is 0 Å². The van der Waals surface area contributed by atoms with Gasteiger partial charge in [0.15, 0.2) is 5.75 Å². The minimum atomic E-state index is -2.14. The largest absolute Gasteiger partial charge is 0.423 e. The van der Waals surface area contributed by atoms with Crippen LogP contribution in [-0.2, 0) is 15.6 Å². The number of carbonyl (C=O) groups excluding carboxylic acids is 1. The van der Waals surface area contributed by atoms with Gasteiger partial charge < -0.3 is 4.74 Å². The summed E-state index contributed by atoms with van der Waals surface area (Å²) < 4.78 is 19.2. The van der Waals surface area contributed by atoms with Crippen molar-refractivity contribution < 1.29 is 23.6 Å². The predicted octanol–water partition coefficient (Wildman–Crippen LogP) is 4.50. The molecule has 2 aromatic rings. The summed E-state index contributed by atoms with van der Waals surface area (Å²) >= 11 is 9.71. The van der Waals surface area contributed by atoms with E-state index < -0.39 is 43.7 Å². The maximum atomic E-state index is 12.4. The average molecular weight is 587 g/mol. The molecule has 0 saturated carbocycles. The number of nitrogens with zero attached hydrogens (tertiary/aromatic N) is 2. The van der Waals surface area contributed by atoms with Gasteiger partial charge in [-0.05, 0) is 50.1 Å². The molecular formula is C14H7Br3N2O7S. The predicted molar refractivity (Wildman–Crippen MR) is 106 cm³/mol. The summed E-state index contributed by atoms with van der Waals surface area (Å²) in [5.74, 6) is -1.42. The van der Waals surface area contributed by atoms with Gasteiger partial charge in [-0.25, -0.2) is 0 Å². The lowest BCUT2D eigenvalue weighted by molar-refractivity contribution is -0.396. The van der Waals surface area contributed by atoms with Gasteiger partial charge in [0.05, 0.1) is 35.7 Å². The number of nitro benzene ring substituents is 2. The van der Waals surface area contributed by atoms with Crippen LogP contribution < -0.4 is 4.74 Å². The molecule has 142 valence electrons. The maximum Gasteiger partial charge on any atom is 0.324 e. The molecule has 0 fully saturated rings. The minimum Gasteiger partial charge on any atom is -0.423 e. The van der Waals surface area contributed by atoms with E-state index in [1.807, 2.05) is 0 Å². The third kappa shape index (κ3) is 5.40. The molecule has 0 aromatic heterocycles. The normalized spacial score (nSPS) is 11.7. The van der Waals surface area contributed by atoms with E-state index in [9.17, 15) is 29.2 Å². The molecule has 1 atom stereocenters. The van der Waals surface area contributed by atoms with Gasteiger partial charge in [0, 0.05) is 10.5 Å².